The lowest BCUT2D eigenvalue weighted by Crippen LogP contribution is -1.97. The number of hydrogen-bond donors (Lipinski definition) is 2. The zero-order valence-corrected chi connectivity index (χ0v) is 11.9. The lowest BCUT2D eigenvalue weighted by atomic mass is 10.0. The van der Waals surface area contributed by atoms with Crippen molar-refractivity contribution in [1.29, 1.82) is 0 Å². The molecule has 0 aliphatic carbocycles. The molecule has 2 N–H and O–H groups in total. The summed E-state index contributed by atoms with van der Waals surface area (Å²) >= 11 is 0. The first-order chi connectivity index (χ1) is 9.97. The van der Waals surface area contributed by atoms with Crippen LogP contribution in [0.15, 0.2) is 56.9 Å². The van der Waals surface area contributed by atoms with Gasteiger partial charge in [0.15, 0.2) is 9.84 Å². The molecule has 1 aromatic carbocycles. The second-order valence-electron chi connectivity index (χ2n) is 4.63. The largest absolute Gasteiger partial charge is 0.365 e. The fraction of sp³-hybridized carbons (Fsp3) is 0.0714. The third-order valence-corrected chi connectivity index (χ3v) is 4.14. The van der Waals surface area contributed by atoms with Gasteiger partial charge in [0.05, 0.1) is 11.3 Å². The van der Waals surface area contributed by atoms with Crippen LogP contribution in [0.5, 0.6) is 0 Å². The van der Waals surface area contributed by atoms with Gasteiger partial charge >= 0.3 is 5.63 Å². The Labute approximate surface area is 120 Å². The van der Waals surface area contributed by atoms with E-state index in [1.807, 2.05) is 18.2 Å². The van der Waals surface area contributed by atoms with Gasteiger partial charge in [-0.3, -0.25) is 0 Å². The molecule has 0 spiro atoms. The summed E-state index contributed by atoms with van der Waals surface area (Å²) in [6, 6.07) is 10.5. The Kier molecular flexibility index (Phi) is 3.06. The highest BCUT2D eigenvalue weighted by atomic mass is 32.2. The number of aromatic nitrogens is 2. The first kappa shape index (κ1) is 13.4. The Morgan fingerprint density at radius 3 is 2.43 bits per heavy atom. The molecule has 0 saturated carbocycles. The summed E-state index contributed by atoms with van der Waals surface area (Å²) in [5.41, 5.74) is 1.55. The summed E-state index contributed by atoms with van der Waals surface area (Å²) in [6.07, 6.45) is 2.63. The third kappa shape index (κ3) is 2.43. The maximum Gasteiger partial charge on any atom is 0.365 e. The van der Waals surface area contributed by atoms with Crippen molar-refractivity contribution < 1.29 is 12.9 Å². The lowest BCUT2D eigenvalue weighted by molar-refractivity contribution is 0.394. The number of benzene rings is 1. The molecule has 0 unspecified atom stereocenters. The molecule has 3 aromatic rings. The van der Waals surface area contributed by atoms with E-state index < -0.39 is 15.5 Å². The van der Waals surface area contributed by atoms with Crippen LogP contribution in [-0.2, 0) is 9.84 Å². The molecule has 0 bridgehead atoms. The van der Waals surface area contributed by atoms with E-state index >= 15 is 0 Å². The van der Waals surface area contributed by atoms with Crippen molar-refractivity contribution in [3.05, 3.63) is 53.0 Å². The molecule has 0 saturated heterocycles. The van der Waals surface area contributed by atoms with Gasteiger partial charge in [0.1, 0.15) is 5.03 Å². The summed E-state index contributed by atoms with van der Waals surface area (Å²) in [6.45, 7) is 0. The predicted octanol–water partition coefficient (Wildman–Crippen LogP) is 2.03. The molecule has 3 rings (SSSR count). The van der Waals surface area contributed by atoms with Gasteiger partial charge < -0.3 is 9.51 Å². The summed E-state index contributed by atoms with van der Waals surface area (Å²) in [7, 11) is -3.34. The minimum Gasteiger partial charge on any atom is -0.352 e. The van der Waals surface area contributed by atoms with Crippen LogP contribution < -0.4 is 5.63 Å². The van der Waals surface area contributed by atoms with E-state index in [1.54, 1.807) is 12.1 Å². The predicted molar refractivity (Wildman–Crippen MR) is 77.7 cm³/mol. The fourth-order valence-electron chi connectivity index (χ4n) is 2.10. The van der Waals surface area contributed by atoms with Crippen molar-refractivity contribution in [3.8, 4) is 22.4 Å². The zero-order chi connectivity index (χ0) is 15.0. The standard InChI is InChI=1S/C14H12N2O4S/c1-21(18,19)11-7-10(8-15-11)13-12(14(17)20-16-13)9-5-3-2-4-6-9/h2-8,15-16H,1H3. The zero-order valence-electron chi connectivity index (χ0n) is 11.1. The van der Waals surface area contributed by atoms with Crippen molar-refractivity contribution in [2.75, 3.05) is 6.26 Å². The quantitative estimate of drug-likeness (QED) is 0.774. The molecule has 108 valence electrons. The second kappa shape index (κ2) is 4.78. The van der Waals surface area contributed by atoms with Crippen LogP contribution >= 0.6 is 0 Å². The molecule has 0 atom stereocenters. The molecule has 0 aliphatic rings. The highest BCUT2D eigenvalue weighted by Crippen LogP contribution is 2.29. The normalized spacial score (nSPS) is 11.7. The molecule has 7 heteroatoms. The van der Waals surface area contributed by atoms with Crippen molar-refractivity contribution in [2.24, 2.45) is 0 Å². The Morgan fingerprint density at radius 1 is 1.10 bits per heavy atom. The SMILES string of the molecule is CS(=O)(=O)c1cc(-c2[nH]oc(=O)c2-c2ccccc2)c[nH]1. The van der Waals surface area contributed by atoms with Crippen LogP contribution in [0.3, 0.4) is 0 Å². The minimum atomic E-state index is -3.34. The number of nitrogens with one attached hydrogen (secondary N) is 2. The summed E-state index contributed by atoms with van der Waals surface area (Å²) in [4.78, 5) is 14.6. The molecule has 0 aliphatic heterocycles. The Bertz CT molecular complexity index is 933. The molecular weight excluding hydrogens is 292 g/mol. The minimum absolute atomic E-state index is 0.0820. The van der Waals surface area contributed by atoms with Crippen molar-refractivity contribution >= 4 is 9.84 Å². The van der Waals surface area contributed by atoms with E-state index in [2.05, 4.69) is 10.1 Å². The first-order valence-electron chi connectivity index (χ1n) is 6.12. The second-order valence-corrected chi connectivity index (χ2v) is 6.62. The van der Waals surface area contributed by atoms with Gasteiger partial charge in [-0.15, -0.1) is 0 Å². The number of hydrogen-bond acceptors (Lipinski definition) is 4. The van der Waals surface area contributed by atoms with Gasteiger partial charge in [0.25, 0.3) is 0 Å². The first-order valence-corrected chi connectivity index (χ1v) is 8.01. The molecular formula is C14H12N2O4S. The molecule has 2 heterocycles. The summed E-state index contributed by atoms with van der Waals surface area (Å²) < 4.78 is 27.9. The van der Waals surface area contributed by atoms with Crippen molar-refractivity contribution in [1.82, 2.24) is 10.1 Å². The summed E-state index contributed by atoms with van der Waals surface area (Å²) in [5, 5.41) is 2.63. The van der Waals surface area contributed by atoms with Gasteiger partial charge in [-0.25, -0.2) is 18.4 Å². The van der Waals surface area contributed by atoms with Gasteiger partial charge in [-0.2, -0.15) is 0 Å². The van der Waals surface area contributed by atoms with Crippen LogP contribution in [0.25, 0.3) is 22.4 Å². The van der Waals surface area contributed by atoms with E-state index in [1.165, 1.54) is 12.3 Å². The maximum atomic E-state index is 11.9. The molecule has 6 nitrogen and oxygen atoms in total. The van der Waals surface area contributed by atoms with Gasteiger partial charge in [-0.1, -0.05) is 30.3 Å². The highest BCUT2D eigenvalue weighted by molar-refractivity contribution is 7.90. The van der Waals surface area contributed by atoms with Crippen LogP contribution in [-0.4, -0.2) is 24.8 Å². The molecule has 21 heavy (non-hydrogen) atoms. The van der Waals surface area contributed by atoms with Crippen molar-refractivity contribution in [3.63, 3.8) is 0 Å². The smallest absolute Gasteiger partial charge is 0.352 e. The molecule has 0 fully saturated rings. The number of aromatic amines is 2. The van der Waals surface area contributed by atoms with E-state index in [9.17, 15) is 13.2 Å². The van der Waals surface area contributed by atoms with Crippen molar-refractivity contribution in [2.45, 2.75) is 5.03 Å². The van der Waals surface area contributed by atoms with E-state index in [0.29, 0.717) is 22.4 Å². The Hall–Kier alpha value is -2.54. The van der Waals surface area contributed by atoms with Crippen LogP contribution in [0, 0.1) is 0 Å². The lowest BCUT2D eigenvalue weighted by Gasteiger charge is -1.98. The van der Waals surface area contributed by atoms with Gasteiger partial charge in [0.2, 0.25) is 0 Å². The van der Waals surface area contributed by atoms with Crippen LogP contribution in [0.4, 0.5) is 0 Å². The van der Waals surface area contributed by atoms with Gasteiger partial charge in [-0.05, 0) is 11.6 Å². The number of H-pyrrole nitrogens is 2. The van der Waals surface area contributed by atoms with Gasteiger partial charge in [0, 0.05) is 18.0 Å². The van der Waals surface area contributed by atoms with Crippen LogP contribution in [0.2, 0.25) is 0 Å². The van der Waals surface area contributed by atoms with E-state index in [0.717, 1.165) is 6.26 Å². The monoisotopic (exact) mass is 304 g/mol. The molecule has 2 aromatic heterocycles. The van der Waals surface area contributed by atoms with E-state index in [-0.39, 0.29) is 5.03 Å². The average molecular weight is 304 g/mol. The number of sulfone groups is 1. The Morgan fingerprint density at radius 2 is 1.81 bits per heavy atom. The maximum absolute atomic E-state index is 11.9. The molecule has 0 amide bonds. The van der Waals surface area contributed by atoms with Crippen LogP contribution in [0.1, 0.15) is 0 Å². The molecule has 0 radical (unpaired) electrons. The van der Waals surface area contributed by atoms with E-state index in [4.69, 9.17) is 4.52 Å². The summed E-state index contributed by atoms with van der Waals surface area (Å²) in [5.74, 6) is 0. The Balaban J connectivity index is 2.17. The number of rotatable bonds is 3. The fourth-order valence-corrected chi connectivity index (χ4v) is 2.72. The third-order valence-electron chi connectivity index (χ3n) is 3.11. The average Bonchev–Trinajstić information content (AvgIpc) is 3.05. The topological polar surface area (TPSA) is 95.9 Å². The highest BCUT2D eigenvalue weighted by Gasteiger charge is 2.18.